The number of carbonyl (C=O) groups excluding carboxylic acids is 2. The summed E-state index contributed by atoms with van der Waals surface area (Å²) < 4.78 is 4.90. The minimum Gasteiger partial charge on any atom is -0.462 e. The van der Waals surface area contributed by atoms with Gasteiger partial charge in [0.15, 0.2) is 0 Å². The minimum atomic E-state index is -0.534. The van der Waals surface area contributed by atoms with E-state index >= 15 is 0 Å². The second-order valence-electron chi connectivity index (χ2n) is 5.01. The topological polar surface area (TPSA) is 98.5 Å². The highest BCUT2D eigenvalue weighted by Crippen LogP contribution is 2.20. The van der Waals surface area contributed by atoms with E-state index in [-0.39, 0.29) is 17.9 Å². The van der Waals surface area contributed by atoms with Gasteiger partial charge in [-0.2, -0.15) is 0 Å². The summed E-state index contributed by atoms with van der Waals surface area (Å²) in [5, 5.41) is 13.6. The summed E-state index contributed by atoms with van der Waals surface area (Å²) in [5.41, 5.74) is 1.22. The molecule has 0 saturated carbocycles. The molecule has 0 unspecified atom stereocenters. The molecule has 0 aromatic heterocycles. The van der Waals surface area contributed by atoms with Crippen LogP contribution in [0.1, 0.15) is 33.2 Å². The number of nitro benzene ring substituents is 1. The van der Waals surface area contributed by atoms with Crippen LogP contribution < -0.4 is 5.32 Å². The van der Waals surface area contributed by atoms with Gasteiger partial charge in [-0.25, -0.2) is 4.79 Å². The third kappa shape index (κ3) is 3.95. The quantitative estimate of drug-likeness (QED) is 0.515. The lowest BCUT2D eigenvalue weighted by Crippen LogP contribution is -2.13. The van der Waals surface area contributed by atoms with Crippen LogP contribution >= 0.6 is 0 Å². The third-order valence-electron chi connectivity index (χ3n) is 3.30. The smallest absolute Gasteiger partial charge is 0.338 e. The normalized spacial score (nSPS) is 10.1. The molecule has 0 atom stereocenters. The second-order valence-corrected chi connectivity index (χ2v) is 5.01. The Morgan fingerprint density at radius 3 is 2.58 bits per heavy atom. The zero-order valence-corrected chi connectivity index (χ0v) is 13.2. The van der Waals surface area contributed by atoms with Crippen molar-refractivity contribution in [2.75, 3.05) is 11.9 Å². The van der Waals surface area contributed by atoms with Crippen LogP contribution in [0.2, 0.25) is 0 Å². The molecule has 24 heavy (non-hydrogen) atoms. The van der Waals surface area contributed by atoms with E-state index in [0.717, 1.165) is 0 Å². The number of anilines is 1. The molecule has 0 aliphatic carbocycles. The van der Waals surface area contributed by atoms with Crippen LogP contribution in [-0.4, -0.2) is 23.4 Å². The molecule has 7 nitrogen and oxygen atoms in total. The lowest BCUT2D eigenvalue weighted by Gasteiger charge is -2.08. The zero-order chi connectivity index (χ0) is 17.7. The van der Waals surface area contributed by atoms with Gasteiger partial charge in [0.05, 0.1) is 17.1 Å². The van der Waals surface area contributed by atoms with Gasteiger partial charge in [-0.15, -0.1) is 0 Å². The Bertz CT molecular complexity index is 801. The molecule has 0 saturated heterocycles. The van der Waals surface area contributed by atoms with Gasteiger partial charge >= 0.3 is 5.97 Å². The van der Waals surface area contributed by atoms with E-state index in [2.05, 4.69) is 5.32 Å². The molecule has 2 aromatic carbocycles. The number of esters is 1. The highest BCUT2D eigenvalue weighted by Gasteiger charge is 2.15. The Morgan fingerprint density at radius 2 is 1.92 bits per heavy atom. The number of amides is 1. The third-order valence-corrected chi connectivity index (χ3v) is 3.30. The Balaban J connectivity index is 2.21. The van der Waals surface area contributed by atoms with Crippen molar-refractivity contribution in [3.05, 3.63) is 69.3 Å². The molecule has 1 amide bonds. The summed E-state index contributed by atoms with van der Waals surface area (Å²) in [6, 6.07) is 10.5. The first kappa shape index (κ1) is 17.1. The number of hydrogen-bond acceptors (Lipinski definition) is 5. The van der Waals surface area contributed by atoms with E-state index in [0.29, 0.717) is 16.8 Å². The number of benzene rings is 2. The molecule has 0 aliphatic heterocycles. The Hall–Kier alpha value is -3.22. The predicted molar refractivity (Wildman–Crippen MR) is 88.2 cm³/mol. The summed E-state index contributed by atoms with van der Waals surface area (Å²) in [6.45, 7) is 3.55. The van der Waals surface area contributed by atoms with Gasteiger partial charge in [0.25, 0.3) is 11.6 Å². The molecule has 1 N–H and O–H groups in total. The fourth-order valence-electron chi connectivity index (χ4n) is 2.09. The summed E-state index contributed by atoms with van der Waals surface area (Å²) in [4.78, 5) is 34.4. The number of nitrogens with zero attached hydrogens (tertiary/aromatic N) is 1. The average Bonchev–Trinajstić information content (AvgIpc) is 2.55. The fraction of sp³-hybridized carbons (Fsp3) is 0.176. The number of nitrogens with one attached hydrogen (secondary N) is 1. The van der Waals surface area contributed by atoms with Gasteiger partial charge in [0.1, 0.15) is 0 Å². The molecule has 0 radical (unpaired) electrons. The second kappa shape index (κ2) is 7.36. The van der Waals surface area contributed by atoms with Gasteiger partial charge in [0.2, 0.25) is 0 Å². The van der Waals surface area contributed by atoms with Crippen LogP contribution in [0, 0.1) is 17.0 Å². The van der Waals surface area contributed by atoms with E-state index in [9.17, 15) is 19.7 Å². The molecule has 0 bridgehead atoms. The number of aryl methyl sites for hydroxylation is 1. The molecule has 0 fully saturated rings. The molecular weight excluding hydrogens is 312 g/mol. The van der Waals surface area contributed by atoms with Gasteiger partial charge in [0, 0.05) is 22.9 Å². The Kier molecular flexibility index (Phi) is 5.26. The fourth-order valence-corrected chi connectivity index (χ4v) is 2.09. The summed E-state index contributed by atoms with van der Waals surface area (Å²) in [6.07, 6.45) is 0. The first-order valence-electron chi connectivity index (χ1n) is 7.26. The van der Waals surface area contributed by atoms with Crippen molar-refractivity contribution in [2.24, 2.45) is 0 Å². The SMILES string of the molecule is CCOC(=O)c1cccc(NC(=O)c2ccc(C)c([N+](=O)[O-])c2)c1. The number of hydrogen-bond donors (Lipinski definition) is 1. The lowest BCUT2D eigenvalue weighted by molar-refractivity contribution is -0.385. The highest BCUT2D eigenvalue weighted by atomic mass is 16.6. The minimum absolute atomic E-state index is 0.122. The van der Waals surface area contributed by atoms with Gasteiger partial charge in [-0.05, 0) is 38.1 Å². The number of carbonyl (C=O) groups is 2. The average molecular weight is 328 g/mol. The highest BCUT2D eigenvalue weighted by molar-refractivity contribution is 6.05. The summed E-state index contributed by atoms with van der Waals surface area (Å²) in [5.74, 6) is -0.987. The van der Waals surface area contributed by atoms with Crippen molar-refractivity contribution in [3.8, 4) is 0 Å². The number of rotatable bonds is 5. The molecule has 124 valence electrons. The summed E-state index contributed by atoms with van der Waals surface area (Å²) in [7, 11) is 0. The largest absolute Gasteiger partial charge is 0.462 e. The first-order chi connectivity index (χ1) is 11.4. The Morgan fingerprint density at radius 1 is 1.17 bits per heavy atom. The molecule has 0 aliphatic rings. The monoisotopic (exact) mass is 328 g/mol. The van der Waals surface area contributed by atoms with Crippen LogP contribution in [0.3, 0.4) is 0 Å². The summed E-state index contributed by atoms with van der Waals surface area (Å²) >= 11 is 0. The van der Waals surface area contributed by atoms with E-state index in [1.807, 2.05) is 0 Å². The van der Waals surface area contributed by atoms with E-state index in [1.165, 1.54) is 24.3 Å². The van der Waals surface area contributed by atoms with Crippen molar-refractivity contribution in [2.45, 2.75) is 13.8 Å². The van der Waals surface area contributed by atoms with E-state index in [4.69, 9.17) is 4.74 Å². The first-order valence-corrected chi connectivity index (χ1v) is 7.26. The maximum absolute atomic E-state index is 12.3. The van der Waals surface area contributed by atoms with Crippen molar-refractivity contribution in [3.63, 3.8) is 0 Å². The van der Waals surface area contributed by atoms with Crippen molar-refractivity contribution in [1.29, 1.82) is 0 Å². The van der Waals surface area contributed by atoms with Crippen molar-refractivity contribution in [1.82, 2.24) is 0 Å². The van der Waals surface area contributed by atoms with Gasteiger partial charge in [-0.1, -0.05) is 12.1 Å². The predicted octanol–water partition coefficient (Wildman–Crippen LogP) is 3.33. The molecule has 0 heterocycles. The van der Waals surface area contributed by atoms with Crippen molar-refractivity contribution >= 4 is 23.3 Å². The van der Waals surface area contributed by atoms with Gasteiger partial charge in [-0.3, -0.25) is 14.9 Å². The van der Waals surface area contributed by atoms with Crippen LogP contribution in [0.4, 0.5) is 11.4 Å². The molecule has 2 rings (SSSR count). The van der Waals surface area contributed by atoms with Gasteiger partial charge < -0.3 is 10.1 Å². The lowest BCUT2D eigenvalue weighted by atomic mass is 10.1. The number of nitro groups is 1. The van der Waals surface area contributed by atoms with Crippen LogP contribution in [0.25, 0.3) is 0 Å². The molecular formula is C17H16N2O5. The van der Waals surface area contributed by atoms with Crippen LogP contribution in [0.15, 0.2) is 42.5 Å². The maximum atomic E-state index is 12.3. The zero-order valence-electron chi connectivity index (χ0n) is 13.2. The maximum Gasteiger partial charge on any atom is 0.338 e. The molecule has 0 spiro atoms. The molecule has 2 aromatic rings. The Labute approximate surface area is 138 Å². The van der Waals surface area contributed by atoms with Crippen LogP contribution in [0.5, 0.6) is 0 Å². The standard InChI is InChI=1S/C17H16N2O5/c1-3-24-17(21)13-5-4-6-14(9-13)18-16(20)12-8-7-11(2)15(10-12)19(22)23/h4-10H,3H2,1-2H3,(H,18,20). The number of ether oxygens (including phenoxy) is 1. The van der Waals surface area contributed by atoms with E-state index in [1.54, 1.807) is 32.0 Å². The van der Waals surface area contributed by atoms with Crippen LogP contribution in [-0.2, 0) is 4.74 Å². The van der Waals surface area contributed by atoms with Crippen molar-refractivity contribution < 1.29 is 19.2 Å². The molecule has 7 heteroatoms. The van der Waals surface area contributed by atoms with E-state index < -0.39 is 16.8 Å².